The van der Waals surface area contributed by atoms with Crippen LogP contribution in [0, 0.1) is 0 Å². The summed E-state index contributed by atoms with van der Waals surface area (Å²) in [5.41, 5.74) is 10.9. The maximum atomic E-state index is 12.5. The molecule has 3 aromatic carbocycles. The number of halogens is 2. The molecule has 0 saturated carbocycles. The first kappa shape index (κ1) is 19.7. The molecule has 1 aromatic heterocycles. The molecule has 0 unspecified atom stereocenters. The third-order valence-electron chi connectivity index (χ3n) is 5.32. The third kappa shape index (κ3) is 3.82. The lowest BCUT2D eigenvalue weighted by atomic mass is 9.89. The summed E-state index contributed by atoms with van der Waals surface area (Å²) in [4.78, 5) is 12.5. The van der Waals surface area contributed by atoms with Crippen molar-refractivity contribution in [1.29, 1.82) is 0 Å². The van der Waals surface area contributed by atoms with E-state index in [0.29, 0.717) is 16.6 Å². The van der Waals surface area contributed by atoms with E-state index >= 15 is 0 Å². The van der Waals surface area contributed by atoms with Crippen molar-refractivity contribution in [2.45, 2.75) is 5.92 Å². The number of aryl methyl sites for hydroxylation is 1. The Morgan fingerprint density at radius 3 is 2.31 bits per heavy atom. The lowest BCUT2D eigenvalue weighted by Crippen LogP contribution is -2.17. The molecule has 0 fully saturated rings. The van der Waals surface area contributed by atoms with Crippen LogP contribution in [0.1, 0.15) is 17.0 Å². The van der Waals surface area contributed by atoms with Gasteiger partial charge in [0.25, 0.3) is 5.56 Å². The van der Waals surface area contributed by atoms with Gasteiger partial charge in [0.1, 0.15) is 0 Å². The molecular weight excluding hydrogens is 403 g/mol. The summed E-state index contributed by atoms with van der Waals surface area (Å²) in [7, 11) is 1.78. The van der Waals surface area contributed by atoms with Crippen molar-refractivity contribution < 1.29 is 0 Å². The van der Waals surface area contributed by atoms with E-state index in [1.54, 1.807) is 17.7 Å². The highest BCUT2D eigenvalue weighted by Gasteiger charge is 2.16. The highest BCUT2D eigenvalue weighted by molar-refractivity contribution is 6.31. The van der Waals surface area contributed by atoms with Gasteiger partial charge in [-0.25, -0.2) is 0 Å². The van der Waals surface area contributed by atoms with Gasteiger partial charge in [0.05, 0.1) is 5.52 Å². The fraction of sp³-hybridized carbons (Fsp3) is 0.125. The second-order valence-electron chi connectivity index (χ2n) is 7.08. The minimum atomic E-state index is -0.0618. The van der Waals surface area contributed by atoms with Crippen molar-refractivity contribution in [3.63, 3.8) is 0 Å². The molecule has 4 aromatic rings. The van der Waals surface area contributed by atoms with Crippen molar-refractivity contribution in [3.05, 3.63) is 104 Å². The molecule has 0 bridgehead atoms. The lowest BCUT2D eigenvalue weighted by Gasteiger charge is -2.18. The summed E-state index contributed by atoms with van der Waals surface area (Å²) in [5.74, 6) is 0.0288. The fourth-order valence-corrected chi connectivity index (χ4v) is 4.07. The van der Waals surface area contributed by atoms with Crippen molar-refractivity contribution in [1.82, 2.24) is 4.57 Å². The van der Waals surface area contributed by atoms with Gasteiger partial charge in [0, 0.05) is 41.0 Å². The van der Waals surface area contributed by atoms with Crippen molar-refractivity contribution in [2.24, 2.45) is 12.8 Å². The first-order chi connectivity index (χ1) is 14.0. The Labute approximate surface area is 179 Å². The molecule has 0 saturated heterocycles. The molecule has 1 heterocycles. The van der Waals surface area contributed by atoms with E-state index in [4.69, 9.17) is 28.9 Å². The molecule has 5 heteroatoms. The molecule has 0 radical (unpaired) electrons. The zero-order chi connectivity index (χ0) is 20.5. The number of pyridine rings is 1. The van der Waals surface area contributed by atoms with Crippen LogP contribution in [0.25, 0.3) is 22.0 Å². The fourth-order valence-electron chi connectivity index (χ4n) is 3.75. The van der Waals surface area contributed by atoms with E-state index in [9.17, 15) is 4.79 Å². The Balaban J connectivity index is 1.94. The molecule has 0 spiro atoms. The maximum Gasteiger partial charge on any atom is 0.251 e. The Morgan fingerprint density at radius 2 is 1.62 bits per heavy atom. The minimum Gasteiger partial charge on any atom is -0.330 e. The van der Waals surface area contributed by atoms with Crippen LogP contribution in [0.3, 0.4) is 0 Å². The number of nitrogens with zero attached hydrogens (tertiary/aromatic N) is 1. The third-order valence-corrected chi connectivity index (χ3v) is 5.80. The number of rotatable bonds is 4. The highest BCUT2D eigenvalue weighted by atomic mass is 35.5. The summed E-state index contributed by atoms with van der Waals surface area (Å²) in [6.07, 6.45) is 0. The van der Waals surface area contributed by atoms with Crippen molar-refractivity contribution >= 4 is 34.1 Å². The zero-order valence-corrected chi connectivity index (χ0v) is 17.4. The van der Waals surface area contributed by atoms with Gasteiger partial charge in [-0.1, -0.05) is 53.5 Å². The van der Waals surface area contributed by atoms with Crippen LogP contribution in [0.15, 0.2) is 77.6 Å². The van der Waals surface area contributed by atoms with Gasteiger partial charge in [-0.2, -0.15) is 0 Å². The van der Waals surface area contributed by atoms with E-state index in [1.165, 1.54) is 0 Å². The van der Waals surface area contributed by atoms with Crippen molar-refractivity contribution in [2.75, 3.05) is 6.54 Å². The smallest absolute Gasteiger partial charge is 0.251 e. The van der Waals surface area contributed by atoms with Crippen LogP contribution in [-0.4, -0.2) is 11.1 Å². The normalized spacial score (nSPS) is 12.3. The van der Waals surface area contributed by atoms with Crippen LogP contribution in [0.4, 0.5) is 0 Å². The van der Waals surface area contributed by atoms with E-state index < -0.39 is 0 Å². The first-order valence-electron chi connectivity index (χ1n) is 9.33. The predicted molar refractivity (Wildman–Crippen MR) is 122 cm³/mol. The maximum absolute atomic E-state index is 12.5. The molecule has 0 aliphatic carbocycles. The second-order valence-corrected chi connectivity index (χ2v) is 7.95. The topological polar surface area (TPSA) is 48.0 Å². The Morgan fingerprint density at radius 1 is 0.897 bits per heavy atom. The first-order valence-corrected chi connectivity index (χ1v) is 10.1. The van der Waals surface area contributed by atoms with Crippen molar-refractivity contribution in [3.8, 4) is 11.1 Å². The quantitative estimate of drug-likeness (QED) is 0.464. The molecule has 2 N–H and O–H groups in total. The molecule has 0 aliphatic heterocycles. The zero-order valence-electron chi connectivity index (χ0n) is 15.9. The van der Waals surface area contributed by atoms with Gasteiger partial charge in [0.2, 0.25) is 0 Å². The van der Waals surface area contributed by atoms with Gasteiger partial charge in [-0.3, -0.25) is 4.79 Å². The van der Waals surface area contributed by atoms with Crippen LogP contribution in [-0.2, 0) is 7.05 Å². The predicted octanol–water partition coefficient (Wildman–Crippen LogP) is 5.60. The van der Waals surface area contributed by atoms with Gasteiger partial charge < -0.3 is 10.3 Å². The summed E-state index contributed by atoms with van der Waals surface area (Å²) in [5, 5.41) is 2.31. The number of aromatic nitrogens is 1. The monoisotopic (exact) mass is 422 g/mol. The van der Waals surface area contributed by atoms with Gasteiger partial charge >= 0.3 is 0 Å². The Hall–Kier alpha value is -2.59. The number of hydrogen-bond acceptors (Lipinski definition) is 2. The molecule has 3 nitrogen and oxygen atoms in total. The van der Waals surface area contributed by atoms with E-state index in [-0.39, 0.29) is 11.5 Å². The molecule has 146 valence electrons. The SMILES string of the molecule is Cn1c(=O)cc(-c2cccc(Cl)c2)c2cc([C@H](CN)c3ccc(Cl)cc3)ccc21. The molecule has 0 aliphatic rings. The minimum absolute atomic E-state index is 0.0288. The average Bonchev–Trinajstić information content (AvgIpc) is 2.72. The number of nitrogens with two attached hydrogens (primary N) is 1. The Kier molecular flexibility index (Phi) is 5.46. The summed E-state index contributed by atoms with van der Waals surface area (Å²) < 4.78 is 1.66. The number of hydrogen-bond donors (Lipinski definition) is 1. The summed E-state index contributed by atoms with van der Waals surface area (Å²) >= 11 is 12.2. The molecular formula is C24H20Cl2N2O. The van der Waals surface area contributed by atoms with E-state index in [1.807, 2.05) is 60.7 Å². The lowest BCUT2D eigenvalue weighted by molar-refractivity contribution is 0.819. The van der Waals surface area contributed by atoms with E-state index in [0.717, 1.165) is 33.2 Å². The van der Waals surface area contributed by atoms with E-state index in [2.05, 4.69) is 6.07 Å². The highest BCUT2D eigenvalue weighted by Crippen LogP contribution is 2.33. The Bertz CT molecular complexity index is 1250. The largest absolute Gasteiger partial charge is 0.330 e. The number of fused-ring (bicyclic) bond motifs is 1. The number of benzene rings is 3. The van der Waals surface area contributed by atoms with Crippen LogP contribution in [0.5, 0.6) is 0 Å². The molecule has 1 atom stereocenters. The van der Waals surface area contributed by atoms with Gasteiger partial charge in [0.15, 0.2) is 0 Å². The summed E-state index contributed by atoms with van der Waals surface area (Å²) in [6.45, 7) is 0.464. The average molecular weight is 423 g/mol. The van der Waals surface area contributed by atoms with Crippen LogP contribution >= 0.6 is 23.2 Å². The molecule has 0 amide bonds. The molecule has 29 heavy (non-hydrogen) atoms. The van der Waals surface area contributed by atoms with Gasteiger partial charge in [-0.05, 0) is 58.7 Å². The second kappa shape index (κ2) is 8.03. The van der Waals surface area contributed by atoms with Gasteiger partial charge in [-0.15, -0.1) is 0 Å². The summed E-state index contributed by atoms with van der Waals surface area (Å²) in [6, 6.07) is 23.1. The molecule has 4 rings (SSSR count). The standard InChI is InChI=1S/C24H20Cl2N2O/c1-28-23-10-7-17(22(14-27)15-5-8-18(25)9-6-15)12-21(23)20(13-24(28)29)16-3-2-4-19(26)11-16/h2-13,22H,14,27H2,1H3/t22-/m1/s1. The van der Waals surface area contributed by atoms with Crippen LogP contribution < -0.4 is 11.3 Å². The van der Waals surface area contributed by atoms with Crippen LogP contribution in [0.2, 0.25) is 10.0 Å².